The maximum Gasteiger partial charge on any atom is 0.138 e. The lowest BCUT2D eigenvalue weighted by atomic mass is 10.6. The van der Waals surface area contributed by atoms with Gasteiger partial charge in [0.15, 0.2) is 0 Å². The highest BCUT2D eigenvalue weighted by Crippen LogP contribution is 2.16. The van der Waals surface area contributed by atoms with Gasteiger partial charge in [0.2, 0.25) is 0 Å². The molecule has 1 heterocycles. The normalized spacial score (nSPS) is 19.2. The second-order valence-electron chi connectivity index (χ2n) is 1.48. The monoisotopic (exact) mass is 184 g/mol. The van der Waals surface area contributed by atoms with E-state index in [4.69, 9.17) is 35.0 Å². The fraction of sp³-hybridized carbons (Fsp3) is 0.250. The minimum absolute atomic E-state index is 0.373. The van der Waals surface area contributed by atoms with E-state index in [-0.39, 0.29) is 0 Å². The Morgan fingerprint density at radius 1 is 1.56 bits per heavy atom. The fourth-order valence-corrected chi connectivity index (χ4v) is 0.912. The van der Waals surface area contributed by atoms with Gasteiger partial charge in [0, 0.05) is 11.8 Å². The SMILES string of the molecule is ClC1=CN=C(Cl)CN1Cl. The predicted molar refractivity (Wildman–Crippen MR) is 39.8 cm³/mol. The van der Waals surface area contributed by atoms with E-state index in [1.165, 1.54) is 10.6 Å². The third-order valence-electron chi connectivity index (χ3n) is 0.812. The Morgan fingerprint density at radius 2 is 2.22 bits per heavy atom. The summed E-state index contributed by atoms with van der Waals surface area (Å²) >= 11 is 16.5. The van der Waals surface area contributed by atoms with Crippen molar-refractivity contribution in [2.75, 3.05) is 6.54 Å². The van der Waals surface area contributed by atoms with E-state index < -0.39 is 0 Å². The second-order valence-corrected chi connectivity index (χ2v) is 2.71. The Labute approximate surface area is 67.8 Å². The molecule has 50 valence electrons. The first-order chi connectivity index (χ1) is 4.20. The third-order valence-corrected chi connectivity index (χ3v) is 1.72. The van der Waals surface area contributed by atoms with E-state index in [1.807, 2.05) is 0 Å². The summed E-state index contributed by atoms with van der Waals surface area (Å²) < 4.78 is 1.29. The molecule has 1 rings (SSSR count). The molecule has 1 aliphatic heterocycles. The maximum atomic E-state index is 5.53. The molecule has 0 amide bonds. The Kier molecular flexibility index (Phi) is 2.22. The number of hydrogen-bond acceptors (Lipinski definition) is 2. The quantitative estimate of drug-likeness (QED) is 0.417. The van der Waals surface area contributed by atoms with Crippen molar-refractivity contribution in [2.45, 2.75) is 0 Å². The van der Waals surface area contributed by atoms with Gasteiger partial charge in [-0.05, 0) is 0 Å². The van der Waals surface area contributed by atoms with E-state index in [2.05, 4.69) is 4.99 Å². The Morgan fingerprint density at radius 3 is 2.67 bits per heavy atom. The number of halogens is 3. The van der Waals surface area contributed by atoms with Crippen LogP contribution in [0.3, 0.4) is 0 Å². The number of aliphatic imine (C=N–C) groups is 1. The molecule has 0 atom stereocenters. The molecule has 0 radical (unpaired) electrons. The zero-order valence-electron chi connectivity index (χ0n) is 4.31. The average molecular weight is 185 g/mol. The summed E-state index contributed by atoms with van der Waals surface area (Å²) in [4.78, 5) is 3.72. The molecular weight excluding hydrogens is 182 g/mol. The largest absolute Gasteiger partial charge is 0.266 e. The van der Waals surface area contributed by atoms with Crippen molar-refractivity contribution in [1.29, 1.82) is 0 Å². The van der Waals surface area contributed by atoms with Crippen molar-refractivity contribution >= 4 is 40.1 Å². The summed E-state index contributed by atoms with van der Waals surface area (Å²) in [6.07, 6.45) is 1.40. The van der Waals surface area contributed by atoms with Crippen LogP contribution >= 0.6 is 35.0 Å². The molecule has 0 fully saturated rings. The molecule has 0 N–H and O–H groups in total. The van der Waals surface area contributed by atoms with Crippen LogP contribution in [0.25, 0.3) is 0 Å². The molecule has 0 bridgehead atoms. The van der Waals surface area contributed by atoms with Gasteiger partial charge in [-0.3, -0.25) is 4.42 Å². The Hall–Kier alpha value is 0.0800. The van der Waals surface area contributed by atoms with Crippen LogP contribution in [-0.2, 0) is 0 Å². The van der Waals surface area contributed by atoms with Crippen LogP contribution in [0.4, 0.5) is 0 Å². The summed E-state index contributed by atoms with van der Waals surface area (Å²) in [5.74, 6) is 0. The highest BCUT2D eigenvalue weighted by molar-refractivity contribution is 6.66. The first kappa shape index (κ1) is 7.19. The van der Waals surface area contributed by atoms with E-state index in [0.717, 1.165) is 0 Å². The molecule has 2 nitrogen and oxygen atoms in total. The van der Waals surface area contributed by atoms with E-state index in [0.29, 0.717) is 16.9 Å². The molecule has 0 unspecified atom stereocenters. The van der Waals surface area contributed by atoms with Gasteiger partial charge in [-0.1, -0.05) is 23.2 Å². The molecule has 0 saturated carbocycles. The van der Waals surface area contributed by atoms with Crippen molar-refractivity contribution in [2.24, 2.45) is 4.99 Å². The fourth-order valence-electron chi connectivity index (χ4n) is 0.417. The van der Waals surface area contributed by atoms with Crippen molar-refractivity contribution in [3.05, 3.63) is 11.4 Å². The molecule has 1 aliphatic rings. The first-order valence-corrected chi connectivity index (χ1v) is 3.30. The van der Waals surface area contributed by atoms with Gasteiger partial charge in [0.05, 0.1) is 12.7 Å². The highest BCUT2D eigenvalue weighted by Gasteiger charge is 2.10. The number of nitrogens with zero attached hydrogens (tertiary/aromatic N) is 2. The minimum Gasteiger partial charge on any atom is -0.266 e. The van der Waals surface area contributed by atoms with E-state index >= 15 is 0 Å². The smallest absolute Gasteiger partial charge is 0.138 e. The van der Waals surface area contributed by atoms with Crippen LogP contribution in [0.5, 0.6) is 0 Å². The van der Waals surface area contributed by atoms with Crippen LogP contribution in [0.1, 0.15) is 0 Å². The predicted octanol–water partition coefficient (Wildman–Crippen LogP) is 2.13. The zero-order chi connectivity index (χ0) is 6.85. The molecule has 0 saturated heterocycles. The van der Waals surface area contributed by atoms with Crippen molar-refractivity contribution < 1.29 is 0 Å². The maximum absolute atomic E-state index is 5.53. The van der Waals surface area contributed by atoms with Crippen LogP contribution in [-0.4, -0.2) is 16.1 Å². The lowest BCUT2D eigenvalue weighted by Gasteiger charge is -2.15. The van der Waals surface area contributed by atoms with Gasteiger partial charge < -0.3 is 0 Å². The Bertz CT molecular complexity index is 175. The molecular formula is C4H3Cl3N2. The molecule has 0 aromatic rings. The van der Waals surface area contributed by atoms with Crippen LogP contribution in [0, 0.1) is 0 Å². The summed E-state index contributed by atoms with van der Waals surface area (Å²) in [6.45, 7) is 0.373. The summed E-state index contributed by atoms with van der Waals surface area (Å²) in [6, 6.07) is 0. The summed E-state index contributed by atoms with van der Waals surface area (Å²) in [5.41, 5.74) is 0. The molecule has 0 aromatic carbocycles. The molecule has 0 aliphatic carbocycles. The van der Waals surface area contributed by atoms with Crippen molar-refractivity contribution in [1.82, 2.24) is 4.42 Å². The molecule has 0 spiro atoms. The lowest BCUT2D eigenvalue weighted by Crippen LogP contribution is -2.18. The second kappa shape index (κ2) is 2.78. The van der Waals surface area contributed by atoms with E-state index in [9.17, 15) is 0 Å². The summed E-state index contributed by atoms with van der Waals surface area (Å²) in [7, 11) is 0. The number of rotatable bonds is 0. The van der Waals surface area contributed by atoms with Crippen LogP contribution in [0.2, 0.25) is 0 Å². The van der Waals surface area contributed by atoms with Gasteiger partial charge in [-0.25, -0.2) is 4.99 Å². The first-order valence-electron chi connectivity index (χ1n) is 2.21. The minimum atomic E-state index is 0.373. The summed E-state index contributed by atoms with van der Waals surface area (Å²) in [5, 5.41) is 0.829. The zero-order valence-corrected chi connectivity index (χ0v) is 6.58. The average Bonchev–Trinajstić information content (AvgIpc) is 1.80. The van der Waals surface area contributed by atoms with Crippen LogP contribution in [0.15, 0.2) is 16.3 Å². The molecule has 0 aromatic heterocycles. The van der Waals surface area contributed by atoms with Gasteiger partial charge in [-0.2, -0.15) is 0 Å². The molecule has 9 heavy (non-hydrogen) atoms. The van der Waals surface area contributed by atoms with Gasteiger partial charge in [0.1, 0.15) is 10.3 Å². The van der Waals surface area contributed by atoms with Crippen molar-refractivity contribution in [3.8, 4) is 0 Å². The third kappa shape index (κ3) is 1.75. The highest BCUT2D eigenvalue weighted by atomic mass is 35.5. The van der Waals surface area contributed by atoms with Crippen molar-refractivity contribution in [3.63, 3.8) is 0 Å². The van der Waals surface area contributed by atoms with Gasteiger partial charge in [-0.15, -0.1) is 0 Å². The standard InChI is InChI=1S/C4H3Cl3N2/c5-3-2-9(7)4(6)1-8-3/h1H,2H2. The van der Waals surface area contributed by atoms with Gasteiger partial charge >= 0.3 is 0 Å². The van der Waals surface area contributed by atoms with E-state index in [1.54, 1.807) is 0 Å². The lowest BCUT2D eigenvalue weighted by molar-refractivity contribution is 0.670. The topological polar surface area (TPSA) is 15.6 Å². The number of hydrogen-bond donors (Lipinski definition) is 0. The Balaban J connectivity index is 2.74. The molecule has 5 heteroatoms. The van der Waals surface area contributed by atoms with Crippen LogP contribution < -0.4 is 0 Å². The van der Waals surface area contributed by atoms with Gasteiger partial charge in [0.25, 0.3) is 0 Å².